The van der Waals surface area contributed by atoms with Crippen molar-refractivity contribution in [3.63, 3.8) is 0 Å². The maximum absolute atomic E-state index is 12.9. The van der Waals surface area contributed by atoms with Crippen LogP contribution in [0, 0.1) is 5.92 Å². The van der Waals surface area contributed by atoms with Crippen LogP contribution in [0.25, 0.3) is 0 Å². The third kappa shape index (κ3) is 3.05. The minimum absolute atomic E-state index is 0.0772. The topological polar surface area (TPSA) is 32.3 Å². The van der Waals surface area contributed by atoms with Crippen molar-refractivity contribution >= 4 is 11.6 Å². The van der Waals surface area contributed by atoms with Crippen LogP contribution in [0.5, 0.6) is 0 Å². The van der Waals surface area contributed by atoms with Gasteiger partial charge in [0.15, 0.2) is 0 Å². The molecule has 3 nitrogen and oxygen atoms in total. The standard InChI is InChI=1S/C16H19F3N2O/c17-16(18,19)10-21-14(11-6-2-1-3-7-11)20-13-9-5-4-8-12(13)15(21)22/h4-5,8-9,11,14,20H,1-3,6-7,10H2/t14-/m0/s1. The zero-order valence-corrected chi connectivity index (χ0v) is 12.2. The second-order valence-electron chi connectivity index (χ2n) is 6.08. The lowest BCUT2D eigenvalue weighted by Gasteiger charge is -2.43. The van der Waals surface area contributed by atoms with Crippen molar-refractivity contribution in [2.45, 2.75) is 44.4 Å². The Bertz CT molecular complexity index is 553. The predicted molar refractivity (Wildman–Crippen MR) is 77.5 cm³/mol. The SMILES string of the molecule is O=C1c2ccccc2N[C@H](C2CCCCC2)N1CC(F)(F)F. The van der Waals surface area contributed by atoms with Gasteiger partial charge in [0.2, 0.25) is 0 Å². The van der Waals surface area contributed by atoms with Crippen molar-refractivity contribution in [3.8, 4) is 0 Å². The van der Waals surface area contributed by atoms with Gasteiger partial charge in [0.25, 0.3) is 5.91 Å². The molecule has 1 amide bonds. The summed E-state index contributed by atoms with van der Waals surface area (Å²) in [7, 11) is 0. The van der Waals surface area contributed by atoms with Crippen LogP contribution in [0.4, 0.5) is 18.9 Å². The molecule has 0 spiro atoms. The molecule has 2 aliphatic rings. The molecule has 1 aromatic rings. The van der Waals surface area contributed by atoms with Crippen LogP contribution in [0.1, 0.15) is 42.5 Å². The summed E-state index contributed by atoms with van der Waals surface area (Å²) in [5, 5.41) is 3.17. The van der Waals surface area contributed by atoms with E-state index in [4.69, 9.17) is 0 Å². The number of hydrogen-bond acceptors (Lipinski definition) is 2. The molecule has 0 aromatic heterocycles. The fourth-order valence-corrected chi connectivity index (χ4v) is 3.50. The van der Waals surface area contributed by atoms with Crippen LogP contribution in [0.2, 0.25) is 0 Å². The lowest BCUT2D eigenvalue weighted by Crippen LogP contribution is -2.55. The number of hydrogen-bond donors (Lipinski definition) is 1. The molecule has 1 aliphatic carbocycles. The fraction of sp³-hybridized carbons (Fsp3) is 0.562. The molecule has 0 radical (unpaired) electrons. The number of amides is 1. The van der Waals surface area contributed by atoms with E-state index in [1.807, 2.05) is 0 Å². The van der Waals surface area contributed by atoms with E-state index in [1.54, 1.807) is 24.3 Å². The average molecular weight is 312 g/mol. The lowest BCUT2D eigenvalue weighted by molar-refractivity contribution is -0.146. The number of rotatable bonds is 2. The molecule has 1 aromatic carbocycles. The highest BCUT2D eigenvalue weighted by Crippen LogP contribution is 2.36. The fourth-order valence-electron chi connectivity index (χ4n) is 3.50. The van der Waals surface area contributed by atoms with Crippen molar-refractivity contribution in [3.05, 3.63) is 29.8 Å². The Kier molecular flexibility index (Phi) is 4.02. The molecular weight excluding hydrogens is 293 g/mol. The Balaban J connectivity index is 1.92. The molecule has 1 heterocycles. The predicted octanol–water partition coefficient (Wildman–Crippen LogP) is 4.02. The van der Waals surface area contributed by atoms with E-state index in [0.717, 1.165) is 37.0 Å². The van der Waals surface area contributed by atoms with Crippen LogP contribution in [0.15, 0.2) is 24.3 Å². The molecule has 1 atom stereocenters. The largest absolute Gasteiger partial charge is 0.406 e. The van der Waals surface area contributed by atoms with Crippen molar-refractivity contribution in [1.29, 1.82) is 0 Å². The lowest BCUT2D eigenvalue weighted by atomic mass is 9.85. The van der Waals surface area contributed by atoms with Gasteiger partial charge in [-0.1, -0.05) is 31.4 Å². The van der Waals surface area contributed by atoms with Crippen LogP contribution in [-0.4, -0.2) is 29.7 Å². The molecule has 22 heavy (non-hydrogen) atoms. The number of halogens is 3. The highest BCUT2D eigenvalue weighted by atomic mass is 19.4. The summed E-state index contributed by atoms with van der Waals surface area (Å²) in [6.45, 7) is -1.20. The van der Waals surface area contributed by atoms with Crippen LogP contribution >= 0.6 is 0 Å². The zero-order valence-electron chi connectivity index (χ0n) is 12.2. The van der Waals surface area contributed by atoms with Crippen molar-refractivity contribution in [2.75, 3.05) is 11.9 Å². The normalized spacial score (nSPS) is 23.1. The van der Waals surface area contributed by atoms with Crippen molar-refractivity contribution < 1.29 is 18.0 Å². The molecular formula is C16H19F3N2O. The highest BCUT2D eigenvalue weighted by Gasteiger charge is 2.42. The Hall–Kier alpha value is -1.72. The van der Waals surface area contributed by atoms with Gasteiger partial charge in [-0.15, -0.1) is 0 Å². The van der Waals surface area contributed by atoms with E-state index in [1.165, 1.54) is 0 Å². The van der Waals surface area contributed by atoms with Crippen molar-refractivity contribution in [1.82, 2.24) is 4.90 Å². The number of alkyl halides is 3. The monoisotopic (exact) mass is 312 g/mol. The van der Waals surface area contributed by atoms with E-state index in [0.29, 0.717) is 11.3 Å². The van der Waals surface area contributed by atoms with Gasteiger partial charge in [0, 0.05) is 5.69 Å². The van der Waals surface area contributed by atoms with E-state index >= 15 is 0 Å². The average Bonchev–Trinajstić information content (AvgIpc) is 2.50. The first-order valence-corrected chi connectivity index (χ1v) is 7.69. The first-order valence-electron chi connectivity index (χ1n) is 7.69. The van der Waals surface area contributed by atoms with Gasteiger partial charge in [-0.25, -0.2) is 0 Å². The number of para-hydroxylation sites is 1. The minimum Gasteiger partial charge on any atom is -0.364 e. The summed E-state index contributed by atoms with van der Waals surface area (Å²) in [6.07, 6.45) is -0.0897. The summed E-state index contributed by atoms with van der Waals surface area (Å²) >= 11 is 0. The van der Waals surface area contributed by atoms with Gasteiger partial charge in [0.05, 0.1) is 5.56 Å². The Morgan fingerprint density at radius 1 is 1.14 bits per heavy atom. The number of nitrogens with one attached hydrogen (secondary N) is 1. The quantitative estimate of drug-likeness (QED) is 0.894. The zero-order chi connectivity index (χ0) is 15.7. The number of anilines is 1. The first kappa shape index (κ1) is 15.2. The van der Waals surface area contributed by atoms with Gasteiger partial charge in [-0.2, -0.15) is 13.2 Å². The highest BCUT2D eigenvalue weighted by molar-refractivity contribution is 6.01. The van der Waals surface area contributed by atoms with E-state index in [-0.39, 0.29) is 5.92 Å². The van der Waals surface area contributed by atoms with Crippen molar-refractivity contribution in [2.24, 2.45) is 5.92 Å². The summed E-state index contributed by atoms with van der Waals surface area (Å²) in [6, 6.07) is 6.79. The maximum Gasteiger partial charge on any atom is 0.406 e. The molecule has 1 aliphatic heterocycles. The third-order valence-electron chi connectivity index (χ3n) is 4.50. The Morgan fingerprint density at radius 2 is 1.82 bits per heavy atom. The number of carbonyl (C=O) groups is 1. The van der Waals surface area contributed by atoms with E-state index < -0.39 is 24.8 Å². The summed E-state index contributed by atoms with van der Waals surface area (Å²) in [5.41, 5.74) is 0.959. The van der Waals surface area contributed by atoms with Crippen LogP contribution < -0.4 is 5.32 Å². The minimum atomic E-state index is -4.39. The molecule has 1 N–H and O–H groups in total. The van der Waals surface area contributed by atoms with Crippen LogP contribution in [0.3, 0.4) is 0 Å². The van der Waals surface area contributed by atoms with Gasteiger partial charge < -0.3 is 10.2 Å². The van der Waals surface area contributed by atoms with E-state index in [2.05, 4.69) is 5.32 Å². The summed E-state index contributed by atoms with van der Waals surface area (Å²) in [4.78, 5) is 13.5. The summed E-state index contributed by atoms with van der Waals surface area (Å²) in [5.74, 6) is -0.448. The number of nitrogens with zero attached hydrogens (tertiary/aromatic N) is 1. The molecule has 0 unspecified atom stereocenters. The molecule has 1 saturated carbocycles. The maximum atomic E-state index is 12.9. The molecule has 6 heteroatoms. The Labute approximate surface area is 127 Å². The van der Waals surface area contributed by atoms with Gasteiger partial charge in [-0.3, -0.25) is 4.79 Å². The molecule has 120 valence electrons. The summed E-state index contributed by atoms with van der Waals surface area (Å²) < 4.78 is 38.7. The Morgan fingerprint density at radius 3 is 2.50 bits per heavy atom. The second-order valence-corrected chi connectivity index (χ2v) is 6.08. The molecule has 1 fully saturated rings. The van der Waals surface area contributed by atoms with Gasteiger partial charge in [-0.05, 0) is 30.9 Å². The number of benzene rings is 1. The number of fused-ring (bicyclic) bond motifs is 1. The van der Waals surface area contributed by atoms with E-state index in [9.17, 15) is 18.0 Å². The molecule has 0 bridgehead atoms. The molecule has 3 rings (SSSR count). The first-order chi connectivity index (χ1) is 10.5. The third-order valence-corrected chi connectivity index (χ3v) is 4.50. The molecule has 0 saturated heterocycles. The van der Waals surface area contributed by atoms with Gasteiger partial charge in [0.1, 0.15) is 12.7 Å². The second kappa shape index (κ2) is 5.82. The smallest absolute Gasteiger partial charge is 0.364 e. The van der Waals surface area contributed by atoms with Crippen LogP contribution in [-0.2, 0) is 0 Å². The number of carbonyl (C=O) groups excluding carboxylic acids is 1. The van der Waals surface area contributed by atoms with Gasteiger partial charge >= 0.3 is 6.18 Å².